The first kappa shape index (κ1) is 12.3. The summed E-state index contributed by atoms with van der Waals surface area (Å²) in [6.07, 6.45) is 5.11. The van der Waals surface area contributed by atoms with Gasteiger partial charge in [0.1, 0.15) is 4.32 Å². The lowest BCUT2D eigenvalue weighted by Crippen LogP contribution is -2.22. The van der Waals surface area contributed by atoms with E-state index in [4.69, 9.17) is 12.2 Å². The number of rotatable bonds is 1. The van der Waals surface area contributed by atoms with Crippen LogP contribution < -0.4 is 0 Å². The Morgan fingerprint density at radius 3 is 2.84 bits per heavy atom. The molecule has 1 aromatic heterocycles. The number of carbonyl (C=O) groups excluding carboxylic acids is 1. The van der Waals surface area contributed by atoms with Gasteiger partial charge in [-0.2, -0.15) is 0 Å². The maximum Gasteiger partial charge on any atom is 0.265 e. The molecule has 0 aliphatic carbocycles. The average molecular weight is 287 g/mol. The van der Waals surface area contributed by atoms with Gasteiger partial charge >= 0.3 is 0 Å². The topological polar surface area (TPSA) is 46.1 Å². The Balaban J connectivity index is 2.12. The van der Waals surface area contributed by atoms with Gasteiger partial charge in [0, 0.05) is 25.0 Å². The van der Waals surface area contributed by atoms with Crippen LogP contribution in [-0.4, -0.2) is 32.1 Å². The standard InChI is InChI=1S/C13H9N3OS2/c1-16-12(17)10(19-13(16)18)7-8-3-2-4-9-11(8)15-6-5-14-9/h2-7H,1H3/b10-7-. The average Bonchev–Trinajstić information content (AvgIpc) is 2.67. The number of likely N-dealkylation sites (N-methyl/N-ethyl adjacent to an activating group) is 1. The Bertz CT molecular complexity index is 721. The molecular formula is C13H9N3OS2. The van der Waals surface area contributed by atoms with Crippen molar-refractivity contribution in [2.24, 2.45) is 0 Å². The summed E-state index contributed by atoms with van der Waals surface area (Å²) < 4.78 is 0.572. The SMILES string of the molecule is CN1C(=O)/C(=C/c2cccc3nccnc23)SC1=S. The van der Waals surface area contributed by atoms with E-state index >= 15 is 0 Å². The molecule has 0 N–H and O–H groups in total. The Labute approximate surface area is 119 Å². The van der Waals surface area contributed by atoms with Crippen molar-refractivity contribution in [1.29, 1.82) is 0 Å². The minimum Gasteiger partial charge on any atom is -0.296 e. The second-order valence-electron chi connectivity index (χ2n) is 4.01. The molecule has 1 aromatic carbocycles. The van der Waals surface area contributed by atoms with Crippen LogP contribution >= 0.6 is 24.0 Å². The number of thiocarbonyl (C=S) groups is 1. The minimum atomic E-state index is -0.0732. The lowest BCUT2D eigenvalue weighted by atomic mass is 10.1. The third kappa shape index (κ3) is 2.13. The highest BCUT2D eigenvalue weighted by atomic mass is 32.2. The highest BCUT2D eigenvalue weighted by Gasteiger charge is 2.28. The molecule has 1 aliphatic rings. The molecule has 0 atom stereocenters. The molecule has 94 valence electrons. The van der Waals surface area contributed by atoms with E-state index in [1.165, 1.54) is 16.7 Å². The molecule has 2 aromatic rings. The summed E-state index contributed by atoms with van der Waals surface area (Å²) in [5, 5.41) is 0. The second kappa shape index (κ2) is 4.71. The number of benzene rings is 1. The van der Waals surface area contributed by atoms with Crippen LogP contribution in [0.1, 0.15) is 5.56 Å². The monoisotopic (exact) mass is 287 g/mol. The molecule has 4 nitrogen and oxygen atoms in total. The summed E-state index contributed by atoms with van der Waals surface area (Å²) in [6.45, 7) is 0. The quantitative estimate of drug-likeness (QED) is 0.595. The fourth-order valence-electron chi connectivity index (χ4n) is 1.82. The molecule has 0 bridgehead atoms. The smallest absolute Gasteiger partial charge is 0.265 e. The Hall–Kier alpha value is -1.79. The number of para-hydroxylation sites is 1. The third-order valence-corrected chi connectivity index (χ3v) is 4.29. The van der Waals surface area contributed by atoms with E-state index in [2.05, 4.69) is 9.97 Å². The molecule has 0 radical (unpaired) electrons. The van der Waals surface area contributed by atoms with Crippen LogP contribution in [0, 0.1) is 0 Å². The Morgan fingerprint density at radius 1 is 1.32 bits per heavy atom. The zero-order valence-electron chi connectivity index (χ0n) is 10.0. The van der Waals surface area contributed by atoms with E-state index < -0.39 is 0 Å². The highest BCUT2D eigenvalue weighted by molar-refractivity contribution is 8.26. The molecule has 1 amide bonds. The fraction of sp³-hybridized carbons (Fsp3) is 0.0769. The van der Waals surface area contributed by atoms with Crippen molar-refractivity contribution in [3.05, 3.63) is 41.1 Å². The zero-order valence-corrected chi connectivity index (χ0v) is 11.7. The number of thioether (sulfide) groups is 1. The second-order valence-corrected chi connectivity index (χ2v) is 5.69. The van der Waals surface area contributed by atoms with Crippen molar-refractivity contribution in [2.45, 2.75) is 0 Å². The molecule has 2 heterocycles. The first-order valence-electron chi connectivity index (χ1n) is 5.58. The number of amides is 1. The first-order chi connectivity index (χ1) is 9.16. The summed E-state index contributed by atoms with van der Waals surface area (Å²) in [5.74, 6) is -0.0732. The van der Waals surface area contributed by atoms with Crippen molar-refractivity contribution in [3.63, 3.8) is 0 Å². The van der Waals surface area contributed by atoms with Gasteiger partial charge in [0.05, 0.1) is 15.9 Å². The summed E-state index contributed by atoms with van der Waals surface area (Å²) in [4.78, 5) is 22.6. The Kier molecular flexibility index (Phi) is 3.04. The van der Waals surface area contributed by atoms with Crippen molar-refractivity contribution < 1.29 is 4.79 Å². The third-order valence-electron chi connectivity index (χ3n) is 2.80. The number of hydrogen-bond donors (Lipinski definition) is 0. The van der Waals surface area contributed by atoms with E-state index in [0.717, 1.165) is 16.6 Å². The fourth-order valence-corrected chi connectivity index (χ4v) is 2.99. The lowest BCUT2D eigenvalue weighted by molar-refractivity contribution is -0.121. The van der Waals surface area contributed by atoms with E-state index in [-0.39, 0.29) is 5.91 Å². The van der Waals surface area contributed by atoms with E-state index in [0.29, 0.717) is 9.23 Å². The van der Waals surface area contributed by atoms with Crippen molar-refractivity contribution in [3.8, 4) is 0 Å². The first-order valence-corrected chi connectivity index (χ1v) is 6.80. The molecule has 1 fully saturated rings. The molecule has 19 heavy (non-hydrogen) atoms. The molecule has 3 rings (SSSR count). The summed E-state index contributed by atoms with van der Waals surface area (Å²) in [5.41, 5.74) is 2.47. The lowest BCUT2D eigenvalue weighted by Gasteiger charge is -2.03. The van der Waals surface area contributed by atoms with Gasteiger partial charge in [-0.1, -0.05) is 36.1 Å². The van der Waals surface area contributed by atoms with Crippen LogP contribution in [0.25, 0.3) is 17.1 Å². The summed E-state index contributed by atoms with van der Waals surface area (Å²) >= 11 is 6.41. The van der Waals surface area contributed by atoms with Gasteiger partial charge < -0.3 is 0 Å². The van der Waals surface area contributed by atoms with Crippen LogP contribution in [0.15, 0.2) is 35.5 Å². The number of nitrogens with zero attached hydrogens (tertiary/aromatic N) is 3. The summed E-state index contributed by atoms with van der Waals surface area (Å²) in [7, 11) is 1.68. The van der Waals surface area contributed by atoms with Gasteiger partial charge in [0.25, 0.3) is 5.91 Å². The van der Waals surface area contributed by atoms with Gasteiger partial charge in [-0.15, -0.1) is 0 Å². The van der Waals surface area contributed by atoms with Crippen LogP contribution in [0.4, 0.5) is 0 Å². The molecule has 6 heteroatoms. The van der Waals surface area contributed by atoms with Gasteiger partial charge in [-0.05, 0) is 12.1 Å². The van der Waals surface area contributed by atoms with Gasteiger partial charge in [-0.25, -0.2) is 0 Å². The molecule has 1 aliphatic heterocycles. The van der Waals surface area contributed by atoms with Gasteiger partial charge in [0.2, 0.25) is 0 Å². The predicted octanol–water partition coefficient (Wildman–Crippen LogP) is 2.46. The number of carbonyl (C=O) groups is 1. The maximum atomic E-state index is 12.0. The summed E-state index contributed by atoms with van der Waals surface area (Å²) in [6, 6.07) is 5.71. The van der Waals surface area contributed by atoms with Crippen molar-refractivity contribution in [1.82, 2.24) is 14.9 Å². The van der Waals surface area contributed by atoms with E-state index in [1.54, 1.807) is 19.4 Å². The molecular weight excluding hydrogens is 278 g/mol. The van der Waals surface area contributed by atoms with Crippen LogP contribution in [0.2, 0.25) is 0 Å². The van der Waals surface area contributed by atoms with Crippen LogP contribution in [0.5, 0.6) is 0 Å². The van der Waals surface area contributed by atoms with Crippen LogP contribution in [0.3, 0.4) is 0 Å². The molecule has 0 spiro atoms. The van der Waals surface area contributed by atoms with Gasteiger partial charge in [0.15, 0.2) is 0 Å². The highest BCUT2D eigenvalue weighted by Crippen LogP contribution is 2.32. The van der Waals surface area contributed by atoms with Crippen molar-refractivity contribution in [2.75, 3.05) is 7.05 Å². The van der Waals surface area contributed by atoms with E-state index in [9.17, 15) is 4.79 Å². The predicted molar refractivity (Wildman–Crippen MR) is 80.5 cm³/mol. The minimum absolute atomic E-state index is 0.0732. The Morgan fingerprint density at radius 2 is 2.11 bits per heavy atom. The molecule has 0 unspecified atom stereocenters. The normalized spacial score (nSPS) is 17.7. The van der Waals surface area contributed by atoms with Crippen LogP contribution in [-0.2, 0) is 4.79 Å². The largest absolute Gasteiger partial charge is 0.296 e. The molecule has 0 saturated carbocycles. The van der Waals surface area contributed by atoms with Gasteiger partial charge in [-0.3, -0.25) is 19.7 Å². The number of aromatic nitrogens is 2. The molecule has 1 saturated heterocycles. The maximum absolute atomic E-state index is 12.0. The number of hydrogen-bond acceptors (Lipinski definition) is 5. The van der Waals surface area contributed by atoms with Crippen molar-refractivity contribution >= 4 is 51.3 Å². The van der Waals surface area contributed by atoms with E-state index in [1.807, 2.05) is 24.3 Å². The number of fused-ring (bicyclic) bond motifs is 1. The zero-order chi connectivity index (χ0) is 13.4.